The molecule has 6 nitrogen and oxygen atoms in total. The van der Waals surface area contributed by atoms with Gasteiger partial charge in [-0.05, 0) is 18.8 Å². The van der Waals surface area contributed by atoms with Crippen LogP contribution in [0.15, 0.2) is 11.2 Å². The van der Waals surface area contributed by atoms with Crippen molar-refractivity contribution in [1.29, 1.82) is 0 Å². The Morgan fingerprint density at radius 3 is 2.89 bits per heavy atom. The van der Waals surface area contributed by atoms with Crippen molar-refractivity contribution < 1.29 is 8.42 Å². The molecule has 0 radical (unpaired) electrons. The molecule has 1 aromatic rings. The zero-order chi connectivity index (χ0) is 14.0. The second-order valence-electron chi connectivity index (χ2n) is 5.18. The van der Waals surface area contributed by atoms with Crippen molar-refractivity contribution in [3.05, 3.63) is 12.0 Å². The highest BCUT2D eigenvalue weighted by atomic mass is 32.2. The lowest BCUT2D eigenvalue weighted by atomic mass is 9.94. The summed E-state index contributed by atoms with van der Waals surface area (Å²) < 4.78 is 26.7. The van der Waals surface area contributed by atoms with Gasteiger partial charge in [0.05, 0.1) is 6.20 Å². The van der Waals surface area contributed by atoms with Crippen LogP contribution in [0, 0.1) is 5.92 Å². The van der Waals surface area contributed by atoms with Gasteiger partial charge in [-0.25, -0.2) is 13.4 Å². The van der Waals surface area contributed by atoms with Gasteiger partial charge in [-0.1, -0.05) is 13.8 Å². The van der Waals surface area contributed by atoms with Crippen LogP contribution in [-0.4, -0.2) is 41.8 Å². The average molecular weight is 286 g/mol. The van der Waals surface area contributed by atoms with Crippen LogP contribution in [0.1, 0.15) is 32.5 Å². The van der Waals surface area contributed by atoms with Gasteiger partial charge in [0.1, 0.15) is 5.82 Å². The van der Waals surface area contributed by atoms with Crippen LogP contribution in [0.5, 0.6) is 0 Å². The minimum absolute atomic E-state index is 0.109. The van der Waals surface area contributed by atoms with E-state index in [2.05, 4.69) is 16.9 Å². The second kappa shape index (κ2) is 5.60. The van der Waals surface area contributed by atoms with Crippen LogP contribution >= 0.6 is 0 Å². The number of hydrogen-bond donors (Lipinski definition) is 2. The van der Waals surface area contributed by atoms with Crippen molar-refractivity contribution in [2.75, 3.05) is 13.1 Å². The number of aromatic nitrogens is 2. The van der Waals surface area contributed by atoms with E-state index in [1.807, 2.05) is 6.92 Å². The Balaban J connectivity index is 2.27. The summed E-state index contributed by atoms with van der Waals surface area (Å²) in [4.78, 5) is 6.94. The average Bonchev–Trinajstić information content (AvgIpc) is 2.87. The Hall–Kier alpha value is -0.920. The number of H-pyrrole nitrogens is 1. The third-order valence-corrected chi connectivity index (χ3v) is 5.58. The fraction of sp³-hybridized carbons (Fsp3) is 0.750. The van der Waals surface area contributed by atoms with E-state index in [-0.39, 0.29) is 11.1 Å². The molecular formula is C12H22N4O2S. The Bertz CT molecular complexity index is 526. The van der Waals surface area contributed by atoms with Crippen molar-refractivity contribution in [2.45, 2.75) is 44.2 Å². The number of sulfonamides is 1. The van der Waals surface area contributed by atoms with E-state index in [1.165, 1.54) is 10.5 Å². The zero-order valence-electron chi connectivity index (χ0n) is 11.5. The van der Waals surface area contributed by atoms with Crippen LogP contribution in [-0.2, 0) is 16.4 Å². The topological polar surface area (TPSA) is 92.1 Å². The Morgan fingerprint density at radius 2 is 2.32 bits per heavy atom. The highest BCUT2D eigenvalue weighted by Gasteiger charge is 2.35. The number of nitrogens with one attached hydrogen (secondary N) is 1. The van der Waals surface area contributed by atoms with E-state index in [9.17, 15) is 8.42 Å². The molecule has 2 atom stereocenters. The van der Waals surface area contributed by atoms with Crippen molar-refractivity contribution >= 4 is 10.0 Å². The van der Waals surface area contributed by atoms with Crippen molar-refractivity contribution in [3.63, 3.8) is 0 Å². The maximum atomic E-state index is 12.6. The number of rotatable bonds is 4. The first-order valence-electron chi connectivity index (χ1n) is 6.74. The molecule has 0 bridgehead atoms. The summed E-state index contributed by atoms with van der Waals surface area (Å²) in [7, 11) is -3.50. The normalized spacial score (nSPS) is 25.6. The van der Waals surface area contributed by atoms with Gasteiger partial charge < -0.3 is 10.7 Å². The van der Waals surface area contributed by atoms with E-state index >= 15 is 0 Å². The molecule has 1 saturated heterocycles. The first-order chi connectivity index (χ1) is 8.98. The van der Waals surface area contributed by atoms with Gasteiger partial charge in [0.2, 0.25) is 0 Å². The molecular weight excluding hydrogens is 264 g/mol. The highest BCUT2D eigenvalue weighted by molar-refractivity contribution is 7.89. The SMILES string of the molecule is CCc1ncc(S(=O)(=O)N2CCC(C)CC2CN)[nH]1. The Kier molecular flexibility index (Phi) is 4.27. The van der Waals surface area contributed by atoms with Crippen molar-refractivity contribution in [3.8, 4) is 0 Å². The maximum absolute atomic E-state index is 12.6. The molecule has 1 aliphatic rings. The van der Waals surface area contributed by atoms with E-state index in [4.69, 9.17) is 5.73 Å². The van der Waals surface area contributed by atoms with Crippen LogP contribution in [0.4, 0.5) is 0 Å². The van der Waals surface area contributed by atoms with Crippen LogP contribution in [0.25, 0.3) is 0 Å². The summed E-state index contributed by atoms with van der Waals surface area (Å²) >= 11 is 0. The lowest BCUT2D eigenvalue weighted by Gasteiger charge is -2.36. The fourth-order valence-corrected chi connectivity index (χ4v) is 4.14. The summed E-state index contributed by atoms with van der Waals surface area (Å²) in [5.41, 5.74) is 5.73. The first-order valence-corrected chi connectivity index (χ1v) is 8.18. The standard InChI is InChI=1S/C12H22N4O2S/c1-3-11-14-8-12(15-11)19(17,18)16-5-4-9(2)6-10(16)7-13/h8-10H,3-7,13H2,1-2H3,(H,14,15). The molecule has 2 unspecified atom stereocenters. The number of piperidine rings is 1. The number of hydrogen-bond acceptors (Lipinski definition) is 4. The number of nitrogens with zero attached hydrogens (tertiary/aromatic N) is 2. The molecule has 0 amide bonds. The molecule has 0 aliphatic carbocycles. The molecule has 0 spiro atoms. The minimum Gasteiger partial charge on any atom is -0.332 e. The van der Waals surface area contributed by atoms with E-state index in [0.29, 0.717) is 31.3 Å². The van der Waals surface area contributed by atoms with Gasteiger partial charge in [-0.2, -0.15) is 4.31 Å². The predicted octanol–water partition coefficient (Wildman–Crippen LogP) is 0.720. The van der Waals surface area contributed by atoms with Crippen LogP contribution in [0.3, 0.4) is 0 Å². The molecule has 2 heterocycles. The minimum atomic E-state index is -3.50. The summed E-state index contributed by atoms with van der Waals surface area (Å²) in [5.74, 6) is 1.21. The largest absolute Gasteiger partial charge is 0.332 e. The molecule has 19 heavy (non-hydrogen) atoms. The molecule has 1 aromatic heterocycles. The van der Waals surface area contributed by atoms with E-state index in [0.717, 1.165) is 12.8 Å². The Morgan fingerprint density at radius 1 is 1.58 bits per heavy atom. The lowest BCUT2D eigenvalue weighted by molar-refractivity contribution is 0.210. The summed E-state index contributed by atoms with van der Waals surface area (Å²) in [6.45, 7) is 4.96. The lowest BCUT2D eigenvalue weighted by Crippen LogP contribution is -2.49. The zero-order valence-corrected chi connectivity index (χ0v) is 12.3. The quantitative estimate of drug-likeness (QED) is 0.853. The monoisotopic (exact) mass is 286 g/mol. The van der Waals surface area contributed by atoms with Crippen molar-refractivity contribution in [2.24, 2.45) is 11.7 Å². The molecule has 108 valence electrons. The third kappa shape index (κ3) is 2.82. The number of nitrogens with two attached hydrogens (primary N) is 1. The second-order valence-corrected chi connectivity index (χ2v) is 7.04. The molecule has 0 aromatic carbocycles. The molecule has 3 N–H and O–H groups in total. The van der Waals surface area contributed by atoms with Gasteiger partial charge in [0.15, 0.2) is 5.03 Å². The number of aromatic amines is 1. The molecule has 1 aliphatic heterocycles. The Labute approximate surface area is 114 Å². The third-order valence-electron chi connectivity index (χ3n) is 3.72. The van der Waals surface area contributed by atoms with Crippen molar-refractivity contribution in [1.82, 2.24) is 14.3 Å². The molecule has 1 fully saturated rings. The number of imidazole rings is 1. The van der Waals surface area contributed by atoms with Gasteiger partial charge >= 0.3 is 0 Å². The number of aryl methyl sites for hydroxylation is 1. The molecule has 2 rings (SSSR count). The molecule has 7 heteroatoms. The predicted molar refractivity (Wildman–Crippen MR) is 73.1 cm³/mol. The summed E-state index contributed by atoms with van der Waals surface area (Å²) in [6.07, 6.45) is 3.79. The van der Waals surface area contributed by atoms with E-state index < -0.39 is 10.0 Å². The van der Waals surface area contributed by atoms with Gasteiger partial charge in [0, 0.05) is 25.6 Å². The van der Waals surface area contributed by atoms with E-state index in [1.54, 1.807) is 0 Å². The smallest absolute Gasteiger partial charge is 0.260 e. The fourth-order valence-electron chi connectivity index (χ4n) is 2.54. The summed E-state index contributed by atoms with van der Waals surface area (Å²) in [6, 6.07) is -0.109. The van der Waals surface area contributed by atoms with Gasteiger partial charge in [-0.3, -0.25) is 0 Å². The van der Waals surface area contributed by atoms with Gasteiger partial charge in [-0.15, -0.1) is 0 Å². The maximum Gasteiger partial charge on any atom is 0.260 e. The highest BCUT2D eigenvalue weighted by Crippen LogP contribution is 2.27. The van der Waals surface area contributed by atoms with Gasteiger partial charge in [0.25, 0.3) is 10.0 Å². The molecule has 0 saturated carbocycles. The van der Waals surface area contributed by atoms with Crippen LogP contribution < -0.4 is 5.73 Å². The summed E-state index contributed by atoms with van der Waals surface area (Å²) in [5, 5.41) is 0.178. The van der Waals surface area contributed by atoms with Crippen LogP contribution in [0.2, 0.25) is 0 Å². The first kappa shape index (κ1) is 14.5.